The van der Waals surface area contributed by atoms with Crippen molar-refractivity contribution < 1.29 is 9.90 Å². The standard InChI is InChI=1S/C17H24N2O2/c1-18-8-3-6-17(12-18)7-9-19(13-17)11-14-4-2-5-15(10-14)16(20)21/h2,4-5,10H,3,6-9,11-13H2,1H3,(H,20,21). The summed E-state index contributed by atoms with van der Waals surface area (Å²) in [6.07, 6.45) is 3.91. The van der Waals surface area contributed by atoms with Crippen LogP contribution in [0.3, 0.4) is 0 Å². The Hall–Kier alpha value is -1.39. The van der Waals surface area contributed by atoms with Crippen molar-refractivity contribution in [3.8, 4) is 0 Å². The van der Waals surface area contributed by atoms with Gasteiger partial charge in [-0.3, -0.25) is 4.90 Å². The van der Waals surface area contributed by atoms with Gasteiger partial charge in [-0.25, -0.2) is 4.79 Å². The summed E-state index contributed by atoms with van der Waals surface area (Å²) in [7, 11) is 2.22. The molecule has 1 unspecified atom stereocenters. The van der Waals surface area contributed by atoms with E-state index < -0.39 is 5.97 Å². The summed E-state index contributed by atoms with van der Waals surface area (Å²) in [5.41, 5.74) is 1.96. The number of piperidine rings is 1. The Morgan fingerprint density at radius 3 is 2.90 bits per heavy atom. The molecule has 2 saturated heterocycles. The second-order valence-electron chi connectivity index (χ2n) is 6.81. The van der Waals surface area contributed by atoms with E-state index >= 15 is 0 Å². The highest BCUT2D eigenvalue weighted by molar-refractivity contribution is 5.87. The van der Waals surface area contributed by atoms with Crippen LogP contribution in [0.5, 0.6) is 0 Å². The van der Waals surface area contributed by atoms with Gasteiger partial charge in [0.15, 0.2) is 0 Å². The van der Waals surface area contributed by atoms with Gasteiger partial charge in [0.1, 0.15) is 0 Å². The molecular formula is C17H24N2O2. The predicted octanol–water partition coefficient (Wildman–Crippen LogP) is 2.30. The van der Waals surface area contributed by atoms with Crippen molar-refractivity contribution in [2.75, 3.05) is 33.2 Å². The summed E-state index contributed by atoms with van der Waals surface area (Å²) in [5, 5.41) is 9.08. The fraction of sp³-hybridized carbons (Fsp3) is 0.588. The molecule has 4 nitrogen and oxygen atoms in total. The van der Waals surface area contributed by atoms with E-state index in [0.717, 1.165) is 25.2 Å². The Labute approximate surface area is 126 Å². The zero-order chi connectivity index (χ0) is 14.9. The van der Waals surface area contributed by atoms with E-state index in [1.54, 1.807) is 12.1 Å². The quantitative estimate of drug-likeness (QED) is 0.927. The van der Waals surface area contributed by atoms with Crippen molar-refractivity contribution >= 4 is 5.97 Å². The molecule has 2 aliphatic heterocycles. The molecule has 3 rings (SSSR count). The fourth-order valence-corrected chi connectivity index (χ4v) is 4.01. The molecule has 0 aliphatic carbocycles. The minimum absolute atomic E-state index is 0.388. The van der Waals surface area contributed by atoms with Crippen LogP contribution in [0.15, 0.2) is 24.3 Å². The molecule has 1 spiro atoms. The first-order valence-corrected chi connectivity index (χ1v) is 7.80. The van der Waals surface area contributed by atoms with E-state index in [1.807, 2.05) is 12.1 Å². The Bertz CT molecular complexity index is 531. The van der Waals surface area contributed by atoms with Gasteiger partial charge in [-0.2, -0.15) is 0 Å². The third-order valence-corrected chi connectivity index (χ3v) is 4.95. The minimum Gasteiger partial charge on any atom is -0.478 e. The first-order chi connectivity index (χ1) is 10.1. The number of carboxylic acid groups (broad SMARTS) is 1. The van der Waals surface area contributed by atoms with E-state index in [0.29, 0.717) is 11.0 Å². The van der Waals surface area contributed by atoms with Crippen LogP contribution in [-0.2, 0) is 6.54 Å². The monoisotopic (exact) mass is 288 g/mol. The van der Waals surface area contributed by atoms with Gasteiger partial charge in [-0.1, -0.05) is 12.1 Å². The molecule has 2 fully saturated rings. The molecule has 2 aliphatic rings. The lowest BCUT2D eigenvalue weighted by molar-refractivity contribution is 0.0696. The van der Waals surface area contributed by atoms with Crippen molar-refractivity contribution in [2.45, 2.75) is 25.8 Å². The molecule has 0 aromatic heterocycles. The van der Waals surface area contributed by atoms with E-state index in [9.17, 15) is 4.79 Å². The van der Waals surface area contributed by atoms with Crippen LogP contribution in [0, 0.1) is 5.41 Å². The second kappa shape index (κ2) is 5.78. The molecular weight excluding hydrogens is 264 g/mol. The average Bonchev–Trinajstić information content (AvgIpc) is 2.81. The molecule has 4 heteroatoms. The summed E-state index contributed by atoms with van der Waals surface area (Å²) >= 11 is 0. The normalized spacial score (nSPS) is 27.3. The summed E-state index contributed by atoms with van der Waals surface area (Å²) in [6, 6.07) is 7.34. The molecule has 1 aromatic rings. The van der Waals surface area contributed by atoms with Crippen LogP contribution in [0.2, 0.25) is 0 Å². The zero-order valence-electron chi connectivity index (χ0n) is 12.7. The number of carboxylic acids is 1. The van der Waals surface area contributed by atoms with Crippen LogP contribution in [-0.4, -0.2) is 54.1 Å². The minimum atomic E-state index is -0.844. The Balaban J connectivity index is 1.64. The fourth-order valence-electron chi connectivity index (χ4n) is 4.01. The van der Waals surface area contributed by atoms with Gasteiger partial charge in [-0.15, -0.1) is 0 Å². The number of hydrogen-bond acceptors (Lipinski definition) is 3. The van der Waals surface area contributed by atoms with Gasteiger partial charge in [0, 0.05) is 19.6 Å². The molecule has 2 heterocycles. The maximum absolute atomic E-state index is 11.0. The Morgan fingerprint density at radius 1 is 1.29 bits per heavy atom. The van der Waals surface area contributed by atoms with Crippen LogP contribution in [0.4, 0.5) is 0 Å². The number of likely N-dealkylation sites (tertiary alicyclic amines) is 2. The van der Waals surface area contributed by atoms with E-state index in [2.05, 4.69) is 16.8 Å². The second-order valence-corrected chi connectivity index (χ2v) is 6.81. The summed E-state index contributed by atoms with van der Waals surface area (Å²) in [6.45, 7) is 5.58. The van der Waals surface area contributed by atoms with Gasteiger partial charge < -0.3 is 10.0 Å². The van der Waals surface area contributed by atoms with Gasteiger partial charge in [0.2, 0.25) is 0 Å². The van der Waals surface area contributed by atoms with Crippen molar-refractivity contribution in [1.29, 1.82) is 0 Å². The lowest BCUT2D eigenvalue weighted by Gasteiger charge is -2.38. The maximum atomic E-state index is 11.0. The van der Waals surface area contributed by atoms with Crippen molar-refractivity contribution in [2.24, 2.45) is 5.41 Å². The van der Waals surface area contributed by atoms with Gasteiger partial charge >= 0.3 is 5.97 Å². The van der Waals surface area contributed by atoms with Crippen LogP contribution < -0.4 is 0 Å². The van der Waals surface area contributed by atoms with Gasteiger partial charge in [0.05, 0.1) is 5.56 Å². The molecule has 114 valence electrons. The highest BCUT2D eigenvalue weighted by Gasteiger charge is 2.40. The maximum Gasteiger partial charge on any atom is 0.335 e. The summed E-state index contributed by atoms with van der Waals surface area (Å²) in [4.78, 5) is 16.0. The predicted molar refractivity (Wildman–Crippen MR) is 82.5 cm³/mol. The van der Waals surface area contributed by atoms with E-state index in [4.69, 9.17) is 5.11 Å². The van der Waals surface area contributed by atoms with Crippen LogP contribution in [0.25, 0.3) is 0 Å². The van der Waals surface area contributed by atoms with Gasteiger partial charge in [0.25, 0.3) is 0 Å². The Morgan fingerprint density at radius 2 is 2.14 bits per heavy atom. The zero-order valence-corrected chi connectivity index (χ0v) is 12.7. The number of aromatic carboxylic acids is 1. The first kappa shape index (κ1) is 14.5. The van der Waals surface area contributed by atoms with Crippen molar-refractivity contribution in [1.82, 2.24) is 9.80 Å². The SMILES string of the molecule is CN1CCCC2(CCN(Cc3cccc(C(=O)O)c3)C2)C1. The number of nitrogens with zero attached hydrogens (tertiary/aromatic N) is 2. The largest absolute Gasteiger partial charge is 0.478 e. The molecule has 0 bridgehead atoms. The molecule has 1 N–H and O–H groups in total. The van der Waals surface area contributed by atoms with Gasteiger partial charge in [-0.05, 0) is 62.5 Å². The smallest absolute Gasteiger partial charge is 0.335 e. The molecule has 1 atom stereocenters. The molecule has 0 radical (unpaired) electrons. The highest BCUT2D eigenvalue weighted by Crippen LogP contribution is 2.38. The third-order valence-electron chi connectivity index (χ3n) is 4.95. The molecule has 1 aromatic carbocycles. The number of benzene rings is 1. The number of rotatable bonds is 3. The lowest BCUT2D eigenvalue weighted by Crippen LogP contribution is -2.42. The van der Waals surface area contributed by atoms with Crippen molar-refractivity contribution in [3.05, 3.63) is 35.4 Å². The number of carbonyl (C=O) groups is 1. The third kappa shape index (κ3) is 3.27. The molecule has 0 amide bonds. The summed E-state index contributed by atoms with van der Waals surface area (Å²) < 4.78 is 0. The molecule has 21 heavy (non-hydrogen) atoms. The lowest BCUT2D eigenvalue weighted by atomic mass is 9.79. The molecule has 0 saturated carbocycles. The van der Waals surface area contributed by atoms with Crippen LogP contribution >= 0.6 is 0 Å². The first-order valence-electron chi connectivity index (χ1n) is 7.80. The average molecular weight is 288 g/mol. The number of hydrogen-bond donors (Lipinski definition) is 1. The topological polar surface area (TPSA) is 43.8 Å². The summed E-state index contributed by atoms with van der Waals surface area (Å²) in [5.74, 6) is -0.844. The highest BCUT2D eigenvalue weighted by atomic mass is 16.4. The van der Waals surface area contributed by atoms with E-state index in [1.165, 1.54) is 32.4 Å². The Kier molecular flexibility index (Phi) is 4.00. The van der Waals surface area contributed by atoms with Crippen LogP contribution in [0.1, 0.15) is 35.2 Å². The van der Waals surface area contributed by atoms with Crippen molar-refractivity contribution in [3.63, 3.8) is 0 Å². The van der Waals surface area contributed by atoms with E-state index in [-0.39, 0.29) is 0 Å².